The van der Waals surface area contributed by atoms with Crippen molar-refractivity contribution >= 4 is 17.9 Å². The minimum Gasteiger partial charge on any atom is -0.462 e. The van der Waals surface area contributed by atoms with E-state index in [-0.39, 0.29) is 31.1 Å². The Bertz CT molecular complexity index is 753. The van der Waals surface area contributed by atoms with Crippen LogP contribution in [0.2, 0.25) is 0 Å². The van der Waals surface area contributed by atoms with E-state index in [1.165, 1.54) is 148 Å². The van der Waals surface area contributed by atoms with Crippen molar-refractivity contribution in [1.29, 1.82) is 0 Å². The van der Waals surface area contributed by atoms with Gasteiger partial charge in [0.05, 0.1) is 0 Å². The third-order valence-corrected chi connectivity index (χ3v) is 10.1. The van der Waals surface area contributed by atoms with E-state index < -0.39 is 6.10 Å². The monoisotopic (exact) mass is 723 g/mol. The van der Waals surface area contributed by atoms with E-state index in [1.807, 2.05) is 0 Å². The Hall–Kier alpha value is -1.59. The first kappa shape index (κ1) is 49.4. The van der Waals surface area contributed by atoms with Crippen LogP contribution in [-0.2, 0) is 28.6 Å². The van der Waals surface area contributed by atoms with Gasteiger partial charge in [-0.2, -0.15) is 0 Å². The largest absolute Gasteiger partial charge is 0.462 e. The summed E-state index contributed by atoms with van der Waals surface area (Å²) in [6.07, 6.45) is 41.2. The molecule has 0 aromatic rings. The topological polar surface area (TPSA) is 78.9 Å². The van der Waals surface area contributed by atoms with Crippen LogP contribution in [-0.4, -0.2) is 37.2 Å². The third-order valence-electron chi connectivity index (χ3n) is 10.1. The molecule has 0 heterocycles. The molecular weight excluding hydrogens is 636 g/mol. The van der Waals surface area contributed by atoms with Crippen LogP contribution >= 0.6 is 0 Å². The van der Waals surface area contributed by atoms with Gasteiger partial charge < -0.3 is 14.2 Å². The SMILES string of the molecule is CCCCCCCCCCCCCCCCCCCC(=O)OC[C@H](COC(=O)CCCCCCC)OC(=O)CCCCCCCCCCCCC. The molecule has 0 bridgehead atoms. The minimum atomic E-state index is -0.756. The van der Waals surface area contributed by atoms with Crippen molar-refractivity contribution in [2.75, 3.05) is 13.2 Å². The first-order valence-electron chi connectivity index (χ1n) is 22.5. The summed E-state index contributed by atoms with van der Waals surface area (Å²) in [5.74, 6) is -0.867. The Morgan fingerprint density at radius 3 is 0.784 bits per heavy atom. The van der Waals surface area contributed by atoms with Crippen molar-refractivity contribution in [2.45, 2.75) is 258 Å². The molecule has 0 saturated heterocycles. The number of carbonyl (C=O) groups excluding carboxylic acids is 3. The van der Waals surface area contributed by atoms with Gasteiger partial charge in [-0.25, -0.2) is 0 Å². The molecule has 0 aliphatic rings. The summed E-state index contributed by atoms with van der Waals surface area (Å²) in [5.41, 5.74) is 0. The van der Waals surface area contributed by atoms with Gasteiger partial charge in [-0.05, 0) is 19.3 Å². The summed E-state index contributed by atoms with van der Waals surface area (Å²) >= 11 is 0. The number of rotatable bonds is 41. The van der Waals surface area contributed by atoms with Crippen LogP contribution in [0.1, 0.15) is 252 Å². The van der Waals surface area contributed by atoms with Crippen molar-refractivity contribution in [2.24, 2.45) is 0 Å². The van der Waals surface area contributed by atoms with Crippen molar-refractivity contribution in [1.82, 2.24) is 0 Å². The Balaban J connectivity index is 4.13. The van der Waals surface area contributed by atoms with Crippen LogP contribution in [0, 0.1) is 0 Å². The highest BCUT2D eigenvalue weighted by Crippen LogP contribution is 2.16. The first-order valence-corrected chi connectivity index (χ1v) is 22.5. The van der Waals surface area contributed by atoms with Crippen molar-refractivity contribution in [3.63, 3.8) is 0 Å². The van der Waals surface area contributed by atoms with E-state index >= 15 is 0 Å². The van der Waals surface area contributed by atoms with E-state index in [9.17, 15) is 14.4 Å². The number of unbranched alkanes of at least 4 members (excludes halogenated alkanes) is 30. The molecule has 0 spiro atoms. The Morgan fingerprint density at radius 2 is 0.529 bits per heavy atom. The number of hydrogen-bond donors (Lipinski definition) is 0. The van der Waals surface area contributed by atoms with E-state index in [2.05, 4.69) is 20.8 Å². The fourth-order valence-electron chi connectivity index (χ4n) is 6.68. The highest BCUT2D eigenvalue weighted by Gasteiger charge is 2.19. The second-order valence-electron chi connectivity index (χ2n) is 15.3. The second kappa shape index (κ2) is 41.2. The molecule has 0 aromatic heterocycles. The molecule has 0 aliphatic heterocycles. The maximum atomic E-state index is 12.6. The fourth-order valence-corrected chi connectivity index (χ4v) is 6.68. The van der Waals surface area contributed by atoms with Gasteiger partial charge in [0.1, 0.15) is 13.2 Å². The van der Waals surface area contributed by atoms with Gasteiger partial charge in [0.25, 0.3) is 0 Å². The zero-order chi connectivity index (χ0) is 37.3. The highest BCUT2D eigenvalue weighted by molar-refractivity contribution is 5.71. The minimum absolute atomic E-state index is 0.0639. The zero-order valence-electron chi connectivity index (χ0n) is 34.4. The molecule has 51 heavy (non-hydrogen) atoms. The van der Waals surface area contributed by atoms with Gasteiger partial charge in [0.2, 0.25) is 0 Å². The summed E-state index contributed by atoms with van der Waals surface area (Å²) in [4.78, 5) is 37.4. The summed E-state index contributed by atoms with van der Waals surface area (Å²) < 4.78 is 16.6. The van der Waals surface area contributed by atoms with Crippen molar-refractivity contribution < 1.29 is 28.6 Å². The van der Waals surface area contributed by atoms with Gasteiger partial charge >= 0.3 is 17.9 Å². The predicted octanol–water partition coefficient (Wildman–Crippen LogP) is 14.1. The van der Waals surface area contributed by atoms with Gasteiger partial charge in [0, 0.05) is 19.3 Å². The standard InChI is InChI=1S/C45H86O6/c1-4-7-10-13-15-17-19-20-21-22-23-24-26-27-29-32-35-38-44(47)50-41-42(40-49-43(46)37-34-31-12-9-6-3)51-45(48)39-36-33-30-28-25-18-16-14-11-8-5-2/h42H,4-41H2,1-3H3/t42-/m0/s1. The summed E-state index contributed by atoms with van der Waals surface area (Å²) in [7, 11) is 0. The molecule has 0 aromatic carbocycles. The molecule has 6 heteroatoms. The average molecular weight is 723 g/mol. The fraction of sp³-hybridized carbons (Fsp3) is 0.933. The van der Waals surface area contributed by atoms with Gasteiger partial charge in [-0.3, -0.25) is 14.4 Å². The van der Waals surface area contributed by atoms with Gasteiger partial charge in [-0.15, -0.1) is 0 Å². The Morgan fingerprint density at radius 1 is 0.314 bits per heavy atom. The molecule has 0 unspecified atom stereocenters. The van der Waals surface area contributed by atoms with E-state index in [0.29, 0.717) is 19.3 Å². The summed E-state index contributed by atoms with van der Waals surface area (Å²) in [6, 6.07) is 0. The second-order valence-corrected chi connectivity index (χ2v) is 15.3. The van der Waals surface area contributed by atoms with Crippen LogP contribution in [0.15, 0.2) is 0 Å². The van der Waals surface area contributed by atoms with Crippen LogP contribution in [0.25, 0.3) is 0 Å². The van der Waals surface area contributed by atoms with Crippen LogP contribution in [0.5, 0.6) is 0 Å². The lowest BCUT2D eigenvalue weighted by molar-refractivity contribution is -0.167. The molecule has 6 nitrogen and oxygen atoms in total. The quantitative estimate of drug-likeness (QED) is 0.0355. The van der Waals surface area contributed by atoms with Crippen LogP contribution < -0.4 is 0 Å². The third kappa shape index (κ3) is 39.5. The van der Waals surface area contributed by atoms with E-state index in [0.717, 1.165) is 64.2 Å². The average Bonchev–Trinajstić information content (AvgIpc) is 3.12. The first-order chi connectivity index (χ1) is 25.0. The normalized spacial score (nSPS) is 11.8. The van der Waals surface area contributed by atoms with Crippen LogP contribution in [0.3, 0.4) is 0 Å². The van der Waals surface area contributed by atoms with Gasteiger partial charge in [-0.1, -0.05) is 213 Å². The highest BCUT2D eigenvalue weighted by atomic mass is 16.6. The summed E-state index contributed by atoms with van der Waals surface area (Å²) in [6.45, 7) is 6.57. The van der Waals surface area contributed by atoms with E-state index in [1.54, 1.807) is 0 Å². The molecule has 0 rings (SSSR count). The maximum absolute atomic E-state index is 12.6. The lowest BCUT2D eigenvalue weighted by atomic mass is 10.0. The predicted molar refractivity (Wildman–Crippen MR) is 215 cm³/mol. The molecule has 0 saturated carbocycles. The maximum Gasteiger partial charge on any atom is 0.306 e. The lowest BCUT2D eigenvalue weighted by Gasteiger charge is -2.18. The zero-order valence-corrected chi connectivity index (χ0v) is 34.4. The molecule has 0 amide bonds. The number of ether oxygens (including phenoxy) is 3. The molecule has 0 fully saturated rings. The number of esters is 3. The summed E-state index contributed by atoms with van der Waals surface area (Å²) in [5, 5.41) is 0. The Kier molecular flexibility index (Phi) is 39.9. The molecule has 0 radical (unpaired) electrons. The van der Waals surface area contributed by atoms with Crippen molar-refractivity contribution in [3.05, 3.63) is 0 Å². The smallest absolute Gasteiger partial charge is 0.306 e. The Labute approximate surface area is 317 Å². The molecule has 0 aliphatic carbocycles. The van der Waals surface area contributed by atoms with E-state index in [4.69, 9.17) is 14.2 Å². The van der Waals surface area contributed by atoms with Gasteiger partial charge in [0.15, 0.2) is 6.10 Å². The molecule has 1 atom stereocenters. The lowest BCUT2D eigenvalue weighted by Crippen LogP contribution is -2.30. The number of hydrogen-bond acceptors (Lipinski definition) is 6. The number of carbonyl (C=O) groups is 3. The molecule has 302 valence electrons. The van der Waals surface area contributed by atoms with Crippen molar-refractivity contribution in [3.8, 4) is 0 Å². The molecular formula is C45H86O6. The molecule has 0 N–H and O–H groups in total. The van der Waals surface area contributed by atoms with Crippen LogP contribution in [0.4, 0.5) is 0 Å².